The lowest BCUT2D eigenvalue weighted by atomic mass is 9.86. The molecule has 2 fully saturated rings. The molecule has 1 saturated carbocycles. The summed E-state index contributed by atoms with van der Waals surface area (Å²) in [6.07, 6.45) is 2.65. The fraction of sp³-hybridized carbons (Fsp3) is 1.00. The van der Waals surface area contributed by atoms with Gasteiger partial charge in [-0.2, -0.15) is 8.42 Å². The van der Waals surface area contributed by atoms with E-state index in [0.29, 0.717) is 5.92 Å². The Balaban J connectivity index is 2.26. The second kappa shape index (κ2) is 3.18. The molecule has 0 aromatic rings. The minimum absolute atomic E-state index is 0.0502. The second-order valence-corrected chi connectivity index (χ2v) is 6.07. The van der Waals surface area contributed by atoms with Crippen molar-refractivity contribution < 1.29 is 16.8 Å². The Morgan fingerprint density at radius 2 is 2.00 bits per heavy atom. The molecule has 0 unspecified atom stereocenters. The molecule has 0 amide bonds. The van der Waals surface area contributed by atoms with Gasteiger partial charge >= 0.3 is 10.4 Å². The SMILES string of the molecule is CC1(C)CC[C@H]2CCOS(=O)(=O)O[C@@H]21. The summed E-state index contributed by atoms with van der Waals surface area (Å²) in [7, 11) is -3.74. The lowest BCUT2D eigenvalue weighted by molar-refractivity contribution is 0.0744. The van der Waals surface area contributed by atoms with Crippen LogP contribution in [-0.2, 0) is 18.8 Å². The van der Waals surface area contributed by atoms with Crippen molar-refractivity contribution in [3.8, 4) is 0 Å². The van der Waals surface area contributed by atoms with Crippen molar-refractivity contribution in [3.63, 3.8) is 0 Å². The molecule has 1 saturated heterocycles. The zero-order valence-corrected chi connectivity index (χ0v) is 9.34. The molecule has 0 aromatic heterocycles. The van der Waals surface area contributed by atoms with Crippen LogP contribution in [0.5, 0.6) is 0 Å². The van der Waals surface area contributed by atoms with E-state index in [1.807, 2.05) is 0 Å². The van der Waals surface area contributed by atoms with Crippen LogP contribution in [0.15, 0.2) is 0 Å². The van der Waals surface area contributed by atoms with Crippen LogP contribution in [0.3, 0.4) is 0 Å². The summed E-state index contributed by atoms with van der Waals surface area (Å²) < 4.78 is 32.3. The first kappa shape index (κ1) is 10.4. The van der Waals surface area contributed by atoms with E-state index in [0.717, 1.165) is 19.3 Å². The van der Waals surface area contributed by atoms with E-state index in [-0.39, 0.29) is 18.1 Å². The normalized spacial score (nSPS) is 40.1. The van der Waals surface area contributed by atoms with E-state index in [9.17, 15) is 8.42 Å². The van der Waals surface area contributed by atoms with Crippen LogP contribution < -0.4 is 0 Å². The largest absolute Gasteiger partial charge is 0.400 e. The van der Waals surface area contributed by atoms with Crippen molar-refractivity contribution in [3.05, 3.63) is 0 Å². The minimum Gasteiger partial charge on any atom is -0.248 e. The molecule has 0 radical (unpaired) electrons. The fourth-order valence-electron chi connectivity index (χ4n) is 2.45. The lowest BCUT2D eigenvalue weighted by Crippen LogP contribution is -2.32. The molecule has 14 heavy (non-hydrogen) atoms. The molecular weight excluding hydrogens is 204 g/mol. The third-order valence-electron chi connectivity index (χ3n) is 3.30. The average Bonchev–Trinajstić information content (AvgIpc) is 2.27. The van der Waals surface area contributed by atoms with Crippen LogP contribution >= 0.6 is 0 Å². The van der Waals surface area contributed by atoms with E-state index in [1.165, 1.54) is 0 Å². The van der Waals surface area contributed by atoms with E-state index in [4.69, 9.17) is 4.18 Å². The Labute approximate surface area is 84.9 Å². The fourth-order valence-corrected chi connectivity index (χ4v) is 3.48. The molecule has 5 heteroatoms. The Morgan fingerprint density at radius 3 is 2.71 bits per heavy atom. The van der Waals surface area contributed by atoms with Gasteiger partial charge in [0.15, 0.2) is 0 Å². The summed E-state index contributed by atoms with van der Waals surface area (Å²) in [5, 5.41) is 0. The molecule has 2 atom stereocenters. The zero-order chi connectivity index (χ0) is 10.4. The first-order valence-corrected chi connectivity index (χ1v) is 6.32. The Kier molecular flexibility index (Phi) is 2.36. The van der Waals surface area contributed by atoms with E-state index < -0.39 is 10.4 Å². The van der Waals surface area contributed by atoms with Gasteiger partial charge < -0.3 is 0 Å². The van der Waals surface area contributed by atoms with Crippen LogP contribution in [0.1, 0.15) is 33.1 Å². The predicted octanol–water partition coefficient (Wildman–Crippen LogP) is 1.47. The van der Waals surface area contributed by atoms with Crippen molar-refractivity contribution in [2.45, 2.75) is 39.2 Å². The molecule has 2 rings (SSSR count). The van der Waals surface area contributed by atoms with Gasteiger partial charge in [0.2, 0.25) is 0 Å². The summed E-state index contributed by atoms with van der Waals surface area (Å²) in [6, 6.07) is 0. The van der Waals surface area contributed by atoms with Gasteiger partial charge in [-0.05, 0) is 30.6 Å². The summed E-state index contributed by atoms with van der Waals surface area (Å²) in [6.45, 7) is 4.37. The average molecular weight is 220 g/mol. The van der Waals surface area contributed by atoms with Gasteiger partial charge in [0.05, 0.1) is 12.7 Å². The van der Waals surface area contributed by atoms with Gasteiger partial charge in [-0.1, -0.05) is 13.8 Å². The maximum absolute atomic E-state index is 11.3. The molecule has 0 aromatic carbocycles. The molecule has 0 bridgehead atoms. The summed E-state index contributed by atoms with van der Waals surface area (Å²) in [5.41, 5.74) is -0.0502. The summed E-state index contributed by atoms with van der Waals surface area (Å²) in [4.78, 5) is 0. The van der Waals surface area contributed by atoms with E-state index in [2.05, 4.69) is 18.0 Å². The molecule has 0 spiro atoms. The Morgan fingerprint density at radius 1 is 1.29 bits per heavy atom. The maximum atomic E-state index is 11.3. The number of hydrogen-bond acceptors (Lipinski definition) is 4. The number of rotatable bonds is 0. The van der Waals surface area contributed by atoms with Gasteiger partial charge in [-0.3, -0.25) is 0 Å². The van der Waals surface area contributed by atoms with Crippen LogP contribution in [0, 0.1) is 11.3 Å². The topological polar surface area (TPSA) is 52.6 Å². The Bertz CT molecular complexity index is 320. The third kappa shape index (κ3) is 1.81. The van der Waals surface area contributed by atoms with Gasteiger partial charge in [0.1, 0.15) is 0 Å². The molecule has 4 nitrogen and oxygen atoms in total. The smallest absolute Gasteiger partial charge is 0.248 e. The maximum Gasteiger partial charge on any atom is 0.400 e. The summed E-state index contributed by atoms with van der Waals surface area (Å²) in [5.74, 6) is 0.335. The third-order valence-corrected chi connectivity index (χ3v) is 4.19. The number of fused-ring (bicyclic) bond motifs is 1. The molecule has 1 aliphatic carbocycles. The van der Waals surface area contributed by atoms with Crippen LogP contribution in [0.4, 0.5) is 0 Å². The number of hydrogen-bond donors (Lipinski definition) is 0. The molecule has 1 heterocycles. The van der Waals surface area contributed by atoms with Crippen LogP contribution in [0.2, 0.25) is 0 Å². The van der Waals surface area contributed by atoms with Crippen molar-refractivity contribution in [2.24, 2.45) is 11.3 Å². The standard InChI is InChI=1S/C9H16O4S/c1-9(2)5-3-7-4-6-12-14(10,11)13-8(7)9/h7-8H,3-6H2,1-2H3/t7-,8-/m0/s1. The monoisotopic (exact) mass is 220 g/mol. The highest BCUT2D eigenvalue weighted by Gasteiger charge is 2.46. The van der Waals surface area contributed by atoms with Crippen molar-refractivity contribution in [2.75, 3.05) is 6.61 Å². The van der Waals surface area contributed by atoms with Crippen molar-refractivity contribution >= 4 is 10.4 Å². The molecule has 1 aliphatic heterocycles. The summed E-state index contributed by atoms with van der Waals surface area (Å²) >= 11 is 0. The first-order valence-electron chi connectivity index (χ1n) is 4.98. The highest BCUT2D eigenvalue weighted by Crippen LogP contribution is 2.46. The van der Waals surface area contributed by atoms with Gasteiger partial charge in [-0.25, -0.2) is 8.37 Å². The van der Waals surface area contributed by atoms with Crippen molar-refractivity contribution in [1.82, 2.24) is 0 Å². The highest BCUT2D eigenvalue weighted by atomic mass is 32.3. The minimum atomic E-state index is -3.74. The zero-order valence-electron chi connectivity index (χ0n) is 8.52. The van der Waals surface area contributed by atoms with Gasteiger partial charge in [0, 0.05) is 0 Å². The van der Waals surface area contributed by atoms with Gasteiger partial charge in [0.25, 0.3) is 0 Å². The quantitative estimate of drug-likeness (QED) is 0.620. The van der Waals surface area contributed by atoms with Crippen molar-refractivity contribution in [1.29, 1.82) is 0 Å². The Hall–Kier alpha value is -0.130. The van der Waals surface area contributed by atoms with E-state index in [1.54, 1.807) is 0 Å². The molecular formula is C9H16O4S. The van der Waals surface area contributed by atoms with Crippen LogP contribution in [-0.4, -0.2) is 21.1 Å². The predicted molar refractivity (Wildman–Crippen MR) is 50.9 cm³/mol. The molecule has 82 valence electrons. The first-order chi connectivity index (χ1) is 6.41. The lowest BCUT2D eigenvalue weighted by Gasteiger charge is -2.27. The molecule has 2 aliphatic rings. The molecule has 0 N–H and O–H groups in total. The van der Waals surface area contributed by atoms with E-state index >= 15 is 0 Å². The van der Waals surface area contributed by atoms with Crippen LogP contribution in [0.25, 0.3) is 0 Å². The van der Waals surface area contributed by atoms with Gasteiger partial charge in [-0.15, -0.1) is 0 Å². The highest BCUT2D eigenvalue weighted by molar-refractivity contribution is 7.81. The second-order valence-electron chi connectivity index (χ2n) is 4.82.